The number of carbonyl (C=O) groups excluding carboxylic acids is 1. The lowest BCUT2D eigenvalue weighted by Gasteiger charge is -2.21. The number of likely N-dealkylation sites (tertiary alicyclic amines) is 1. The molecule has 23 heavy (non-hydrogen) atoms. The van der Waals surface area contributed by atoms with Gasteiger partial charge >= 0.3 is 0 Å². The molecule has 1 aliphatic heterocycles. The molecule has 2 atom stereocenters. The van der Waals surface area contributed by atoms with Crippen molar-refractivity contribution in [1.82, 2.24) is 10.2 Å². The summed E-state index contributed by atoms with van der Waals surface area (Å²) in [5.41, 5.74) is 8.05. The van der Waals surface area contributed by atoms with Crippen LogP contribution in [0.1, 0.15) is 36.9 Å². The van der Waals surface area contributed by atoms with E-state index in [2.05, 4.69) is 17.1 Å². The fourth-order valence-corrected chi connectivity index (χ4v) is 2.78. The molecule has 132 valence electrons. The van der Waals surface area contributed by atoms with Crippen LogP contribution in [-0.2, 0) is 4.79 Å². The van der Waals surface area contributed by atoms with Gasteiger partial charge < -0.3 is 16.0 Å². The van der Waals surface area contributed by atoms with Crippen molar-refractivity contribution in [2.24, 2.45) is 11.7 Å². The van der Waals surface area contributed by atoms with Crippen LogP contribution in [0, 0.1) is 12.8 Å². The molecule has 4 nitrogen and oxygen atoms in total. The Labute approximate surface area is 152 Å². The van der Waals surface area contributed by atoms with E-state index in [0.29, 0.717) is 12.5 Å². The first-order chi connectivity index (χ1) is 10.1. The van der Waals surface area contributed by atoms with Crippen molar-refractivity contribution in [2.45, 2.75) is 32.7 Å². The Hall–Kier alpha value is -0.810. The van der Waals surface area contributed by atoms with E-state index in [-0.39, 0.29) is 30.7 Å². The topological polar surface area (TPSA) is 58.4 Å². The van der Waals surface area contributed by atoms with Crippen LogP contribution in [0.2, 0.25) is 0 Å². The number of benzene rings is 1. The lowest BCUT2D eigenvalue weighted by atomic mass is 10.0. The first kappa shape index (κ1) is 22.2. The Balaban J connectivity index is 0.00000242. The molecular weight excluding hydrogens is 333 g/mol. The van der Waals surface area contributed by atoms with Crippen molar-refractivity contribution >= 4 is 30.7 Å². The minimum absolute atomic E-state index is 0. The molecule has 0 bridgehead atoms. The molecule has 1 saturated heterocycles. The highest BCUT2D eigenvalue weighted by Gasteiger charge is 2.18. The summed E-state index contributed by atoms with van der Waals surface area (Å²) in [5.74, 6) is 0.365. The number of rotatable bonds is 6. The molecule has 0 radical (unpaired) electrons. The lowest BCUT2D eigenvalue weighted by molar-refractivity contribution is -0.122. The normalized spacial score (nSPS) is 16.8. The van der Waals surface area contributed by atoms with E-state index in [1.54, 1.807) is 0 Å². The first-order valence-electron chi connectivity index (χ1n) is 7.88. The second-order valence-electron chi connectivity index (χ2n) is 6.25. The van der Waals surface area contributed by atoms with Gasteiger partial charge in [-0.2, -0.15) is 0 Å². The molecule has 1 amide bonds. The minimum atomic E-state index is -0.579. The summed E-state index contributed by atoms with van der Waals surface area (Å²) in [6.45, 7) is 8.34. The number of hydrogen-bond acceptors (Lipinski definition) is 3. The zero-order chi connectivity index (χ0) is 15.2. The molecule has 0 aromatic heterocycles. The molecule has 0 aliphatic carbocycles. The van der Waals surface area contributed by atoms with Gasteiger partial charge in [-0.1, -0.05) is 36.8 Å². The predicted molar refractivity (Wildman–Crippen MR) is 100 cm³/mol. The van der Waals surface area contributed by atoms with Crippen LogP contribution in [0.3, 0.4) is 0 Å². The lowest BCUT2D eigenvalue weighted by Crippen LogP contribution is -2.39. The number of amides is 1. The Bertz CT molecular complexity index is 461. The van der Waals surface area contributed by atoms with E-state index in [1.807, 2.05) is 31.2 Å². The maximum absolute atomic E-state index is 12.1. The molecule has 1 fully saturated rings. The fraction of sp³-hybridized carbons (Fsp3) is 0.588. The summed E-state index contributed by atoms with van der Waals surface area (Å²) >= 11 is 0. The molecule has 2 unspecified atom stereocenters. The van der Waals surface area contributed by atoms with Gasteiger partial charge in [-0.05, 0) is 44.3 Å². The largest absolute Gasteiger partial charge is 0.354 e. The van der Waals surface area contributed by atoms with Crippen LogP contribution in [0.25, 0.3) is 0 Å². The second-order valence-corrected chi connectivity index (χ2v) is 6.25. The Morgan fingerprint density at radius 2 is 1.78 bits per heavy atom. The van der Waals surface area contributed by atoms with Crippen LogP contribution in [0.5, 0.6) is 0 Å². The van der Waals surface area contributed by atoms with Crippen molar-refractivity contribution in [3.8, 4) is 0 Å². The van der Waals surface area contributed by atoms with Crippen LogP contribution in [0.15, 0.2) is 24.3 Å². The number of aryl methyl sites for hydroxylation is 1. The molecule has 1 aliphatic rings. The third-order valence-corrected chi connectivity index (χ3v) is 4.11. The smallest absolute Gasteiger partial charge is 0.241 e. The van der Waals surface area contributed by atoms with E-state index >= 15 is 0 Å². The maximum Gasteiger partial charge on any atom is 0.241 e. The molecule has 0 spiro atoms. The van der Waals surface area contributed by atoms with Crippen LogP contribution in [0.4, 0.5) is 0 Å². The predicted octanol–water partition coefficient (Wildman–Crippen LogP) is 2.69. The summed E-state index contributed by atoms with van der Waals surface area (Å²) in [6.07, 6.45) is 2.61. The summed E-state index contributed by atoms with van der Waals surface area (Å²) in [7, 11) is 0. The van der Waals surface area contributed by atoms with E-state index in [0.717, 1.165) is 12.1 Å². The standard InChI is InChI=1S/C17H27N3O.2ClH/c1-13-5-7-15(8-6-13)16(18)17(21)19-11-14(2)12-20-9-3-4-10-20;;/h5-8,14,16H,3-4,9-12,18H2,1-2H3,(H,19,21);2*1H. The molecule has 6 heteroatoms. The first-order valence-corrected chi connectivity index (χ1v) is 7.88. The number of carbonyl (C=O) groups is 1. The van der Waals surface area contributed by atoms with E-state index in [1.165, 1.54) is 31.5 Å². The van der Waals surface area contributed by atoms with Gasteiger partial charge in [0.15, 0.2) is 0 Å². The van der Waals surface area contributed by atoms with Crippen LogP contribution >= 0.6 is 24.8 Å². The number of nitrogens with two attached hydrogens (primary N) is 1. The highest BCUT2D eigenvalue weighted by molar-refractivity contribution is 5.85. The minimum Gasteiger partial charge on any atom is -0.354 e. The van der Waals surface area contributed by atoms with Crippen molar-refractivity contribution < 1.29 is 4.79 Å². The molecule has 1 heterocycles. The van der Waals surface area contributed by atoms with Crippen LogP contribution < -0.4 is 11.1 Å². The van der Waals surface area contributed by atoms with Crippen molar-refractivity contribution in [3.05, 3.63) is 35.4 Å². The number of nitrogens with zero attached hydrogens (tertiary/aromatic N) is 1. The Kier molecular flexibility index (Phi) is 10.5. The summed E-state index contributed by atoms with van der Waals surface area (Å²) in [4.78, 5) is 14.6. The number of hydrogen-bond donors (Lipinski definition) is 2. The molecule has 1 aromatic carbocycles. The molecule has 1 aromatic rings. The van der Waals surface area contributed by atoms with E-state index in [4.69, 9.17) is 5.73 Å². The highest BCUT2D eigenvalue weighted by atomic mass is 35.5. The number of nitrogens with one attached hydrogen (secondary N) is 1. The van der Waals surface area contributed by atoms with Gasteiger partial charge in [-0.15, -0.1) is 24.8 Å². The quantitative estimate of drug-likeness (QED) is 0.818. The average molecular weight is 362 g/mol. The van der Waals surface area contributed by atoms with Gasteiger partial charge in [0.05, 0.1) is 0 Å². The third-order valence-electron chi connectivity index (χ3n) is 4.11. The van der Waals surface area contributed by atoms with Gasteiger partial charge in [0.25, 0.3) is 0 Å². The molecular formula is C17H29Cl2N3O. The van der Waals surface area contributed by atoms with E-state index < -0.39 is 6.04 Å². The molecule has 3 N–H and O–H groups in total. The van der Waals surface area contributed by atoms with Crippen molar-refractivity contribution in [2.75, 3.05) is 26.2 Å². The second kappa shape index (κ2) is 10.9. The maximum atomic E-state index is 12.1. The van der Waals surface area contributed by atoms with Crippen molar-refractivity contribution in [1.29, 1.82) is 0 Å². The number of halogens is 2. The fourth-order valence-electron chi connectivity index (χ4n) is 2.78. The van der Waals surface area contributed by atoms with Crippen LogP contribution in [-0.4, -0.2) is 37.0 Å². The van der Waals surface area contributed by atoms with Gasteiger partial charge in [0, 0.05) is 13.1 Å². The summed E-state index contributed by atoms with van der Waals surface area (Å²) < 4.78 is 0. The van der Waals surface area contributed by atoms with E-state index in [9.17, 15) is 4.79 Å². The van der Waals surface area contributed by atoms with Gasteiger partial charge in [-0.3, -0.25) is 4.79 Å². The monoisotopic (exact) mass is 361 g/mol. The Morgan fingerprint density at radius 3 is 2.35 bits per heavy atom. The van der Waals surface area contributed by atoms with Crippen molar-refractivity contribution in [3.63, 3.8) is 0 Å². The zero-order valence-electron chi connectivity index (χ0n) is 14.0. The summed E-state index contributed by atoms with van der Waals surface area (Å²) in [6, 6.07) is 7.24. The van der Waals surface area contributed by atoms with Gasteiger partial charge in [0.1, 0.15) is 6.04 Å². The SMILES string of the molecule is Cc1ccc(C(N)C(=O)NCC(C)CN2CCCC2)cc1.Cl.Cl. The zero-order valence-corrected chi connectivity index (χ0v) is 15.6. The van der Waals surface area contributed by atoms with Gasteiger partial charge in [0.2, 0.25) is 5.91 Å². The molecule has 0 saturated carbocycles. The third kappa shape index (κ3) is 7.08. The average Bonchev–Trinajstić information content (AvgIpc) is 2.97. The Morgan fingerprint density at radius 1 is 1.22 bits per heavy atom. The highest BCUT2D eigenvalue weighted by Crippen LogP contribution is 2.12. The van der Waals surface area contributed by atoms with Gasteiger partial charge in [-0.25, -0.2) is 0 Å². The summed E-state index contributed by atoms with van der Waals surface area (Å²) in [5, 5.41) is 2.98. The molecule has 2 rings (SSSR count).